The maximum Gasteiger partial charge on any atom is 0.231 e. The molecule has 222 valence electrons. The minimum Gasteiger partial charge on any atom is -0.378 e. The molecule has 4 heterocycles. The first-order valence-electron chi connectivity index (χ1n) is 14.9. The Hall–Kier alpha value is -1.55. The van der Waals surface area contributed by atoms with E-state index in [2.05, 4.69) is 101 Å². The fourth-order valence-corrected chi connectivity index (χ4v) is 7.35. The van der Waals surface area contributed by atoms with Crippen LogP contribution in [0.2, 0.25) is 0 Å². The Balaban J connectivity index is 1.70. The maximum atomic E-state index is 5.60. The molecule has 3 fully saturated rings. The SMILES string of the molecule is Cc1nc(N2CCOCC2)nc(N(CN(C)C2CC(C)(C)N(C)C(C)(C)C2)C2CC(C)(C)N(C)C(C)(C)C2)n1. The smallest absolute Gasteiger partial charge is 0.231 e. The van der Waals surface area contributed by atoms with E-state index in [1.807, 2.05) is 6.92 Å². The molecule has 3 saturated heterocycles. The summed E-state index contributed by atoms with van der Waals surface area (Å²) in [6.45, 7) is 24.9. The molecule has 9 nitrogen and oxygen atoms in total. The zero-order valence-corrected chi connectivity index (χ0v) is 27.0. The number of nitrogens with zero attached hydrogens (tertiary/aromatic N) is 8. The van der Waals surface area contributed by atoms with Crippen molar-refractivity contribution < 1.29 is 4.74 Å². The van der Waals surface area contributed by atoms with Gasteiger partial charge in [0.05, 0.1) is 19.9 Å². The molecule has 0 N–H and O–H groups in total. The highest BCUT2D eigenvalue weighted by atomic mass is 16.5. The Morgan fingerprint density at radius 2 is 1.21 bits per heavy atom. The van der Waals surface area contributed by atoms with Crippen LogP contribution in [-0.2, 0) is 4.74 Å². The van der Waals surface area contributed by atoms with Crippen molar-refractivity contribution in [3.8, 4) is 0 Å². The van der Waals surface area contributed by atoms with Gasteiger partial charge in [-0.25, -0.2) is 0 Å². The van der Waals surface area contributed by atoms with Gasteiger partial charge in [-0.05, 0) is 109 Å². The predicted molar refractivity (Wildman–Crippen MR) is 161 cm³/mol. The van der Waals surface area contributed by atoms with Crippen molar-refractivity contribution in [3.63, 3.8) is 0 Å². The van der Waals surface area contributed by atoms with Crippen LogP contribution in [0.25, 0.3) is 0 Å². The van der Waals surface area contributed by atoms with Gasteiger partial charge in [0.25, 0.3) is 0 Å². The Bertz CT molecular complexity index is 967. The molecule has 0 radical (unpaired) electrons. The standard InChI is InChI=1S/C30H56N8O/c1-22-31-25(37-13-15-39-16-14-37)33-26(32-22)38(24-19-29(6,7)36(12)30(8,9)20-24)21-34(10)23-17-27(2,3)35(11)28(4,5)18-23/h23-24H,13-21H2,1-12H3. The van der Waals surface area contributed by atoms with Crippen LogP contribution in [0.15, 0.2) is 0 Å². The second kappa shape index (κ2) is 10.7. The van der Waals surface area contributed by atoms with Gasteiger partial charge in [-0.1, -0.05) is 0 Å². The van der Waals surface area contributed by atoms with Gasteiger partial charge in [-0.15, -0.1) is 0 Å². The van der Waals surface area contributed by atoms with E-state index < -0.39 is 0 Å². The van der Waals surface area contributed by atoms with Gasteiger partial charge in [0.1, 0.15) is 5.82 Å². The van der Waals surface area contributed by atoms with Crippen LogP contribution in [0, 0.1) is 6.92 Å². The lowest BCUT2D eigenvalue weighted by Crippen LogP contribution is -2.65. The highest BCUT2D eigenvalue weighted by Gasteiger charge is 2.47. The first-order chi connectivity index (χ1) is 17.9. The molecule has 3 aliphatic heterocycles. The summed E-state index contributed by atoms with van der Waals surface area (Å²) in [6, 6.07) is 0.794. The zero-order chi connectivity index (χ0) is 29.0. The molecule has 39 heavy (non-hydrogen) atoms. The molecule has 0 aromatic carbocycles. The van der Waals surface area contributed by atoms with Gasteiger partial charge in [-0.3, -0.25) is 14.7 Å². The number of likely N-dealkylation sites (tertiary alicyclic amines) is 2. The number of hydrogen-bond donors (Lipinski definition) is 0. The molecule has 0 amide bonds. The average molecular weight is 545 g/mol. The number of anilines is 2. The normalized spacial score (nSPS) is 26.2. The molecule has 1 aromatic heterocycles. The molecule has 4 rings (SSSR count). The summed E-state index contributed by atoms with van der Waals surface area (Å²) in [5.74, 6) is 2.37. The lowest BCUT2D eigenvalue weighted by molar-refractivity contribution is -0.0449. The molecular weight excluding hydrogens is 488 g/mol. The van der Waals surface area contributed by atoms with Crippen molar-refractivity contribution >= 4 is 11.9 Å². The quantitative estimate of drug-likeness (QED) is 0.494. The molecule has 0 spiro atoms. The Labute approximate surface area is 238 Å². The third-order valence-corrected chi connectivity index (χ3v) is 10.3. The largest absolute Gasteiger partial charge is 0.378 e. The number of hydrogen-bond acceptors (Lipinski definition) is 9. The van der Waals surface area contributed by atoms with Gasteiger partial charge in [-0.2, -0.15) is 15.0 Å². The first kappa shape index (κ1) is 30.4. The summed E-state index contributed by atoms with van der Waals surface area (Å²) in [7, 11) is 6.86. The average Bonchev–Trinajstić information content (AvgIpc) is 2.83. The molecule has 0 atom stereocenters. The van der Waals surface area contributed by atoms with Gasteiger partial charge in [0.15, 0.2) is 0 Å². The van der Waals surface area contributed by atoms with E-state index in [0.29, 0.717) is 25.3 Å². The van der Waals surface area contributed by atoms with E-state index in [-0.39, 0.29) is 22.2 Å². The predicted octanol–water partition coefficient (Wildman–Crippen LogP) is 4.02. The van der Waals surface area contributed by atoms with Crippen molar-refractivity contribution in [1.29, 1.82) is 0 Å². The summed E-state index contributed by atoms with van der Waals surface area (Å²) in [5.41, 5.74) is 0.401. The summed E-state index contributed by atoms with van der Waals surface area (Å²) in [5, 5.41) is 0. The number of aryl methyl sites for hydroxylation is 1. The molecule has 0 unspecified atom stereocenters. The van der Waals surface area contributed by atoms with Crippen LogP contribution in [0.5, 0.6) is 0 Å². The number of rotatable bonds is 6. The van der Waals surface area contributed by atoms with E-state index >= 15 is 0 Å². The first-order valence-corrected chi connectivity index (χ1v) is 14.9. The van der Waals surface area contributed by atoms with Crippen molar-refractivity contribution in [2.24, 2.45) is 0 Å². The summed E-state index contributed by atoms with van der Waals surface area (Å²) < 4.78 is 5.60. The Morgan fingerprint density at radius 3 is 1.69 bits per heavy atom. The van der Waals surface area contributed by atoms with Gasteiger partial charge in [0, 0.05) is 47.3 Å². The highest BCUT2D eigenvalue weighted by molar-refractivity contribution is 5.41. The van der Waals surface area contributed by atoms with Gasteiger partial charge < -0.3 is 14.5 Å². The van der Waals surface area contributed by atoms with Crippen LogP contribution in [0.3, 0.4) is 0 Å². The van der Waals surface area contributed by atoms with E-state index in [0.717, 1.165) is 63.2 Å². The Kier molecular flexibility index (Phi) is 8.34. The van der Waals surface area contributed by atoms with Crippen LogP contribution >= 0.6 is 0 Å². The van der Waals surface area contributed by atoms with Crippen molar-refractivity contribution in [3.05, 3.63) is 5.82 Å². The van der Waals surface area contributed by atoms with Crippen LogP contribution in [0.4, 0.5) is 11.9 Å². The zero-order valence-electron chi connectivity index (χ0n) is 27.0. The number of ether oxygens (including phenoxy) is 1. The topological polar surface area (TPSA) is 64.1 Å². The van der Waals surface area contributed by atoms with Crippen LogP contribution in [-0.4, -0.2) is 118 Å². The molecule has 1 aromatic rings. The third-order valence-electron chi connectivity index (χ3n) is 10.3. The minimum absolute atomic E-state index is 0.0654. The van der Waals surface area contributed by atoms with E-state index in [9.17, 15) is 0 Å². The summed E-state index contributed by atoms with van der Waals surface area (Å²) in [6.07, 6.45) is 4.39. The maximum absolute atomic E-state index is 5.60. The molecular formula is C30H56N8O. The van der Waals surface area contributed by atoms with E-state index in [1.54, 1.807) is 0 Å². The molecule has 3 aliphatic rings. The second-order valence-corrected chi connectivity index (χ2v) is 14.9. The summed E-state index contributed by atoms with van der Waals surface area (Å²) >= 11 is 0. The summed E-state index contributed by atoms with van der Waals surface area (Å²) in [4.78, 5) is 27.3. The third kappa shape index (κ3) is 6.36. The number of aromatic nitrogens is 3. The van der Waals surface area contributed by atoms with Crippen LogP contribution in [0.1, 0.15) is 86.9 Å². The monoisotopic (exact) mass is 544 g/mol. The lowest BCUT2D eigenvalue weighted by Gasteiger charge is -2.57. The van der Waals surface area contributed by atoms with Crippen LogP contribution < -0.4 is 9.80 Å². The number of piperidine rings is 2. The molecule has 0 saturated carbocycles. The van der Waals surface area contributed by atoms with E-state index in [4.69, 9.17) is 19.7 Å². The van der Waals surface area contributed by atoms with E-state index in [1.165, 1.54) is 0 Å². The molecule has 0 bridgehead atoms. The lowest BCUT2D eigenvalue weighted by atomic mass is 9.76. The van der Waals surface area contributed by atoms with Gasteiger partial charge in [0.2, 0.25) is 11.9 Å². The molecule has 9 heteroatoms. The van der Waals surface area contributed by atoms with Crippen molar-refractivity contribution in [2.45, 2.75) is 122 Å². The number of morpholine rings is 1. The fourth-order valence-electron chi connectivity index (χ4n) is 7.35. The second-order valence-electron chi connectivity index (χ2n) is 14.9. The van der Waals surface area contributed by atoms with Crippen molar-refractivity contribution in [2.75, 3.05) is 63.9 Å². The highest BCUT2D eigenvalue weighted by Crippen LogP contribution is 2.41. The fraction of sp³-hybridized carbons (Fsp3) is 0.900. The van der Waals surface area contributed by atoms with Crippen molar-refractivity contribution in [1.82, 2.24) is 29.7 Å². The minimum atomic E-state index is 0.0654. The Morgan fingerprint density at radius 1 is 0.744 bits per heavy atom. The molecule has 0 aliphatic carbocycles. The van der Waals surface area contributed by atoms with Gasteiger partial charge >= 0.3 is 0 Å².